The Morgan fingerprint density at radius 2 is 2.10 bits per heavy atom. The minimum atomic E-state index is -0.0904. The molecule has 0 aromatic heterocycles. The van der Waals surface area contributed by atoms with Crippen LogP contribution in [0, 0.1) is 5.92 Å². The zero-order valence-corrected chi connectivity index (χ0v) is 12.3. The Morgan fingerprint density at radius 3 is 2.75 bits per heavy atom. The van der Waals surface area contributed by atoms with E-state index < -0.39 is 0 Å². The number of hydrogen-bond donors (Lipinski definition) is 3. The van der Waals surface area contributed by atoms with Crippen LogP contribution in [0.5, 0.6) is 0 Å². The van der Waals surface area contributed by atoms with Crippen molar-refractivity contribution in [2.24, 2.45) is 5.92 Å². The molecule has 5 heteroatoms. The normalized spacial score (nSPS) is 16.9. The van der Waals surface area contributed by atoms with E-state index in [0.717, 1.165) is 25.3 Å². The van der Waals surface area contributed by atoms with E-state index in [-0.39, 0.29) is 5.91 Å². The summed E-state index contributed by atoms with van der Waals surface area (Å²) in [7, 11) is 3.79. The molecular weight excluding hydrogens is 252 g/mol. The first-order valence-corrected chi connectivity index (χ1v) is 7.14. The summed E-state index contributed by atoms with van der Waals surface area (Å²) < 4.78 is 0. The third-order valence-electron chi connectivity index (χ3n) is 3.96. The van der Waals surface area contributed by atoms with Crippen LogP contribution < -0.4 is 16.4 Å². The van der Waals surface area contributed by atoms with Crippen LogP contribution >= 0.6 is 0 Å². The molecule has 1 fully saturated rings. The van der Waals surface area contributed by atoms with Crippen LogP contribution in [-0.2, 0) is 0 Å². The van der Waals surface area contributed by atoms with Crippen LogP contribution in [0.4, 0.5) is 11.4 Å². The summed E-state index contributed by atoms with van der Waals surface area (Å²) in [5, 5.41) is 6.02. The van der Waals surface area contributed by atoms with Crippen molar-refractivity contribution in [1.82, 2.24) is 10.2 Å². The third kappa shape index (κ3) is 3.63. The van der Waals surface area contributed by atoms with Gasteiger partial charge in [0.15, 0.2) is 0 Å². The standard InChI is InChI=1S/C15H24N4O/c1-17-15(20)12-3-4-13(16)14(9-12)18-10-11-5-7-19(2)8-6-11/h3-4,9,11,18H,5-8,10,16H2,1-2H3,(H,17,20). The van der Waals surface area contributed by atoms with Crippen LogP contribution in [0.25, 0.3) is 0 Å². The van der Waals surface area contributed by atoms with Gasteiger partial charge in [-0.2, -0.15) is 0 Å². The maximum atomic E-state index is 11.6. The summed E-state index contributed by atoms with van der Waals surface area (Å²) in [6.45, 7) is 3.22. The quantitative estimate of drug-likeness (QED) is 0.727. The molecule has 2 rings (SSSR count). The lowest BCUT2D eigenvalue weighted by molar-refractivity contribution is 0.0963. The molecule has 1 aliphatic rings. The van der Waals surface area contributed by atoms with Gasteiger partial charge in [0.1, 0.15) is 0 Å². The highest BCUT2D eigenvalue weighted by Crippen LogP contribution is 2.22. The molecule has 20 heavy (non-hydrogen) atoms. The number of amides is 1. The molecular formula is C15H24N4O. The summed E-state index contributed by atoms with van der Waals surface area (Å²) in [6, 6.07) is 5.35. The van der Waals surface area contributed by atoms with E-state index in [0.29, 0.717) is 17.2 Å². The number of likely N-dealkylation sites (tertiary alicyclic amines) is 1. The molecule has 0 unspecified atom stereocenters. The molecule has 0 spiro atoms. The first kappa shape index (κ1) is 14.7. The first-order chi connectivity index (χ1) is 9.60. The number of anilines is 2. The fraction of sp³-hybridized carbons (Fsp3) is 0.533. The van der Waals surface area contributed by atoms with Crippen molar-refractivity contribution in [2.75, 3.05) is 44.8 Å². The van der Waals surface area contributed by atoms with Crippen LogP contribution in [-0.4, -0.2) is 44.5 Å². The van der Waals surface area contributed by atoms with Crippen molar-refractivity contribution >= 4 is 17.3 Å². The maximum Gasteiger partial charge on any atom is 0.251 e. The number of nitrogens with zero attached hydrogens (tertiary/aromatic N) is 1. The number of nitrogen functional groups attached to an aromatic ring is 1. The molecule has 0 atom stereocenters. The second-order valence-electron chi connectivity index (χ2n) is 5.51. The minimum Gasteiger partial charge on any atom is -0.397 e. The molecule has 0 saturated carbocycles. The lowest BCUT2D eigenvalue weighted by atomic mass is 9.97. The van der Waals surface area contributed by atoms with Gasteiger partial charge in [0.05, 0.1) is 11.4 Å². The van der Waals surface area contributed by atoms with Gasteiger partial charge in [0.25, 0.3) is 5.91 Å². The Morgan fingerprint density at radius 1 is 1.40 bits per heavy atom. The smallest absolute Gasteiger partial charge is 0.251 e. The monoisotopic (exact) mass is 276 g/mol. The molecule has 110 valence electrons. The second kappa shape index (κ2) is 6.61. The van der Waals surface area contributed by atoms with Crippen molar-refractivity contribution in [3.63, 3.8) is 0 Å². The highest BCUT2D eigenvalue weighted by atomic mass is 16.1. The molecule has 1 heterocycles. The summed E-state index contributed by atoms with van der Waals surface area (Å²) >= 11 is 0. The fourth-order valence-corrected chi connectivity index (χ4v) is 2.52. The lowest BCUT2D eigenvalue weighted by Crippen LogP contribution is -2.33. The van der Waals surface area contributed by atoms with E-state index >= 15 is 0 Å². The van der Waals surface area contributed by atoms with Crippen LogP contribution in [0.2, 0.25) is 0 Å². The lowest BCUT2D eigenvalue weighted by Gasteiger charge is -2.29. The van der Waals surface area contributed by atoms with Gasteiger partial charge < -0.3 is 21.3 Å². The maximum absolute atomic E-state index is 11.6. The van der Waals surface area contributed by atoms with Crippen LogP contribution in [0.3, 0.4) is 0 Å². The van der Waals surface area contributed by atoms with Gasteiger partial charge in [0.2, 0.25) is 0 Å². The number of carbonyl (C=O) groups is 1. The molecule has 0 aliphatic carbocycles. The van der Waals surface area contributed by atoms with Gasteiger partial charge in [-0.1, -0.05) is 0 Å². The molecule has 0 bridgehead atoms. The average molecular weight is 276 g/mol. The Bertz CT molecular complexity index is 467. The molecule has 5 nitrogen and oxygen atoms in total. The highest BCUT2D eigenvalue weighted by Gasteiger charge is 2.16. The molecule has 1 saturated heterocycles. The summed E-state index contributed by atoms with van der Waals surface area (Å²) in [5.74, 6) is 0.585. The Kier molecular flexibility index (Phi) is 4.84. The van der Waals surface area contributed by atoms with Crippen molar-refractivity contribution in [2.45, 2.75) is 12.8 Å². The Balaban J connectivity index is 1.96. The molecule has 1 aromatic rings. The van der Waals surface area contributed by atoms with Crippen LogP contribution in [0.1, 0.15) is 23.2 Å². The van der Waals surface area contributed by atoms with E-state index in [1.807, 2.05) is 6.07 Å². The predicted octanol–water partition coefficient (Wildman–Crippen LogP) is 1.38. The number of rotatable bonds is 4. The van der Waals surface area contributed by atoms with Gasteiger partial charge in [-0.25, -0.2) is 0 Å². The summed E-state index contributed by atoms with van der Waals surface area (Å²) in [5.41, 5.74) is 8.14. The summed E-state index contributed by atoms with van der Waals surface area (Å²) in [6.07, 6.45) is 2.41. The zero-order valence-electron chi connectivity index (χ0n) is 12.3. The Hall–Kier alpha value is -1.75. The first-order valence-electron chi connectivity index (χ1n) is 7.14. The van der Waals surface area contributed by atoms with E-state index in [2.05, 4.69) is 22.6 Å². The topological polar surface area (TPSA) is 70.4 Å². The van der Waals surface area contributed by atoms with Gasteiger partial charge >= 0.3 is 0 Å². The zero-order chi connectivity index (χ0) is 14.5. The van der Waals surface area contributed by atoms with Crippen molar-refractivity contribution in [3.8, 4) is 0 Å². The third-order valence-corrected chi connectivity index (χ3v) is 3.96. The van der Waals surface area contributed by atoms with Crippen molar-refractivity contribution < 1.29 is 4.79 Å². The van der Waals surface area contributed by atoms with Crippen molar-refractivity contribution in [3.05, 3.63) is 23.8 Å². The van der Waals surface area contributed by atoms with E-state index in [1.54, 1.807) is 19.2 Å². The number of nitrogens with one attached hydrogen (secondary N) is 2. The van der Waals surface area contributed by atoms with Gasteiger partial charge in [0, 0.05) is 19.2 Å². The number of piperidine rings is 1. The van der Waals surface area contributed by atoms with Crippen molar-refractivity contribution in [1.29, 1.82) is 0 Å². The number of benzene rings is 1. The summed E-state index contributed by atoms with van der Waals surface area (Å²) in [4.78, 5) is 14.0. The SMILES string of the molecule is CNC(=O)c1ccc(N)c(NCC2CCN(C)CC2)c1. The molecule has 1 aliphatic heterocycles. The fourth-order valence-electron chi connectivity index (χ4n) is 2.52. The minimum absolute atomic E-state index is 0.0904. The second-order valence-corrected chi connectivity index (χ2v) is 5.51. The van der Waals surface area contributed by atoms with Crippen LogP contribution in [0.15, 0.2) is 18.2 Å². The highest BCUT2D eigenvalue weighted by molar-refractivity contribution is 5.96. The van der Waals surface area contributed by atoms with E-state index in [9.17, 15) is 4.79 Å². The molecule has 0 radical (unpaired) electrons. The van der Waals surface area contributed by atoms with E-state index in [4.69, 9.17) is 5.73 Å². The van der Waals surface area contributed by atoms with Gasteiger partial charge in [-0.3, -0.25) is 4.79 Å². The average Bonchev–Trinajstić information content (AvgIpc) is 2.47. The number of hydrogen-bond acceptors (Lipinski definition) is 4. The number of carbonyl (C=O) groups excluding carboxylic acids is 1. The van der Waals surface area contributed by atoms with E-state index in [1.165, 1.54) is 12.8 Å². The predicted molar refractivity (Wildman–Crippen MR) is 83.0 cm³/mol. The van der Waals surface area contributed by atoms with Gasteiger partial charge in [-0.15, -0.1) is 0 Å². The molecule has 4 N–H and O–H groups in total. The van der Waals surface area contributed by atoms with Gasteiger partial charge in [-0.05, 0) is 57.1 Å². The molecule has 1 amide bonds. The molecule has 1 aromatic carbocycles. The Labute approximate surface area is 120 Å². The largest absolute Gasteiger partial charge is 0.397 e. The number of nitrogens with two attached hydrogens (primary N) is 1.